The van der Waals surface area contributed by atoms with Gasteiger partial charge in [0.25, 0.3) is 0 Å². The van der Waals surface area contributed by atoms with Gasteiger partial charge in [-0.1, -0.05) is 0 Å². The Bertz CT molecular complexity index is 91.1. The zero-order chi connectivity index (χ0) is 5.70. The van der Waals surface area contributed by atoms with Gasteiger partial charge in [0, 0.05) is 6.54 Å². The SMILES string of the molecule is C=P(=O)OCCN. The first-order valence-electron chi connectivity index (χ1n) is 1.88. The lowest BCUT2D eigenvalue weighted by atomic mass is 10.8. The van der Waals surface area contributed by atoms with E-state index < -0.39 is 7.65 Å². The molecule has 0 fully saturated rings. The number of nitrogens with two attached hydrogens (primary N) is 1. The zero-order valence-corrected chi connectivity index (χ0v) is 4.86. The Hall–Kier alpha value is -0.110. The van der Waals surface area contributed by atoms with Gasteiger partial charge in [-0.3, -0.25) is 4.57 Å². The highest BCUT2D eigenvalue weighted by molar-refractivity contribution is 7.37. The van der Waals surface area contributed by atoms with Crippen molar-refractivity contribution in [2.24, 2.45) is 5.73 Å². The smallest absolute Gasteiger partial charge is 0.231 e. The second-order valence-corrected chi connectivity index (χ2v) is 1.88. The monoisotopic (exact) mass is 121 g/mol. The second kappa shape index (κ2) is 4.06. The minimum absolute atomic E-state index is 0.332. The van der Waals surface area contributed by atoms with E-state index in [4.69, 9.17) is 5.73 Å². The normalized spacial score (nSPS) is 11.3. The molecule has 2 N–H and O–H groups in total. The molecule has 0 aliphatic heterocycles. The van der Waals surface area contributed by atoms with E-state index in [2.05, 4.69) is 10.8 Å². The van der Waals surface area contributed by atoms with Crippen LogP contribution in [0, 0.1) is 0 Å². The van der Waals surface area contributed by atoms with E-state index in [9.17, 15) is 4.57 Å². The molecular weight excluding hydrogens is 113 g/mol. The molecular formula is C3H8NO2P. The molecule has 0 aliphatic rings. The van der Waals surface area contributed by atoms with E-state index >= 15 is 0 Å². The molecule has 1 unspecified atom stereocenters. The van der Waals surface area contributed by atoms with Gasteiger partial charge in [0.1, 0.15) is 0 Å². The van der Waals surface area contributed by atoms with Crippen molar-refractivity contribution in [2.75, 3.05) is 13.2 Å². The van der Waals surface area contributed by atoms with Crippen LogP contribution in [0.1, 0.15) is 0 Å². The standard InChI is InChI=1S/C3H8NO2P/c1-7(5)6-3-2-4/h1-4H2. The van der Waals surface area contributed by atoms with Gasteiger partial charge in [0.15, 0.2) is 0 Å². The summed E-state index contributed by atoms with van der Waals surface area (Å²) in [5.74, 6) is 0. The fourth-order valence-corrected chi connectivity index (χ4v) is 0.464. The van der Waals surface area contributed by atoms with Gasteiger partial charge >= 0.3 is 0 Å². The van der Waals surface area contributed by atoms with Crippen molar-refractivity contribution in [1.29, 1.82) is 0 Å². The van der Waals surface area contributed by atoms with E-state index in [1.807, 2.05) is 0 Å². The van der Waals surface area contributed by atoms with Crippen molar-refractivity contribution in [3.63, 3.8) is 0 Å². The minimum Gasteiger partial charge on any atom is -0.328 e. The Morgan fingerprint density at radius 1 is 1.86 bits per heavy atom. The molecule has 1 atom stereocenters. The predicted molar refractivity (Wildman–Crippen MR) is 29.7 cm³/mol. The number of hydrogen-bond donors (Lipinski definition) is 1. The van der Waals surface area contributed by atoms with Crippen molar-refractivity contribution < 1.29 is 9.09 Å². The average Bonchev–Trinajstić information content (AvgIpc) is 1.61. The van der Waals surface area contributed by atoms with Crippen LogP contribution in [0.2, 0.25) is 0 Å². The first kappa shape index (κ1) is 6.89. The molecule has 0 aromatic carbocycles. The Kier molecular flexibility index (Phi) is 4.00. The second-order valence-electron chi connectivity index (χ2n) is 0.955. The summed E-state index contributed by atoms with van der Waals surface area (Å²) in [5, 5.41) is 0. The molecule has 0 amide bonds. The maximum atomic E-state index is 9.96. The predicted octanol–water partition coefficient (Wildman–Crippen LogP) is 0.136. The lowest BCUT2D eigenvalue weighted by molar-refractivity contribution is 0.350. The van der Waals surface area contributed by atoms with Gasteiger partial charge in [-0.05, 0) is 6.30 Å². The molecule has 0 saturated carbocycles. The van der Waals surface area contributed by atoms with Gasteiger partial charge in [-0.15, -0.1) is 0 Å². The van der Waals surface area contributed by atoms with Gasteiger partial charge in [-0.2, -0.15) is 0 Å². The Balaban J connectivity index is 2.98. The van der Waals surface area contributed by atoms with E-state index in [-0.39, 0.29) is 0 Å². The zero-order valence-electron chi connectivity index (χ0n) is 3.96. The maximum Gasteiger partial charge on any atom is 0.231 e. The molecule has 4 heteroatoms. The fourth-order valence-electron chi connectivity index (χ4n) is 0.155. The van der Waals surface area contributed by atoms with Crippen LogP contribution in [0.3, 0.4) is 0 Å². The van der Waals surface area contributed by atoms with Crippen molar-refractivity contribution in [2.45, 2.75) is 0 Å². The Labute approximate surface area is 43.0 Å². The highest BCUT2D eigenvalue weighted by Crippen LogP contribution is 2.00. The third-order valence-corrected chi connectivity index (χ3v) is 0.824. The average molecular weight is 121 g/mol. The van der Waals surface area contributed by atoms with Crippen LogP contribution in [0.25, 0.3) is 0 Å². The molecule has 0 aliphatic carbocycles. The molecule has 7 heavy (non-hydrogen) atoms. The summed E-state index contributed by atoms with van der Waals surface area (Å²) in [4.78, 5) is 0. The molecule has 0 aromatic heterocycles. The van der Waals surface area contributed by atoms with E-state index in [0.29, 0.717) is 13.2 Å². The van der Waals surface area contributed by atoms with Gasteiger partial charge in [0.2, 0.25) is 7.65 Å². The van der Waals surface area contributed by atoms with Gasteiger partial charge in [0.05, 0.1) is 6.61 Å². The largest absolute Gasteiger partial charge is 0.328 e. The number of hydrogen-bond acceptors (Lipinski definition) is 3. The van der Waals surface area contributed by atoms with Crippen LogP contribution in [0.15, 0.2) is 0 Å². The molecule has 0 heterocycles. The summed E-state index contributed by atoms with van der Waals surface area (Å²) in [7, 11) is -1.69. The molecule has 0 saturated heterocycles. The maximum absolute atomic E-state index is 9.96. The summed E-state index contributed by atoms with van der Waals surface area (Å²) in [5.41, 5.74) is 5.00. The third-order valence-electron chi connectivity index (χ3n) is 0.353. The third kappa shape index (κ3) is 5.89. The highest BCUT2D eigenvalue weighted by Gasteiger charge is 1.78. The quantitative estimate of drug-likeness (QED) is 0.540. The molecule has 3 nitrogen and oxygen atoms in total. The molecule has 42 valence electrons. The van der Waals surface area contributed by atoms with Gasteiger partial charge in [-0.25, -0.2) is 0 Å². The Morgan fingerprint density at radius 3 is 2.57 bits per heavy atom. The first-order valence-corrected chi connectivity index (χ1v) is 3.24. The number of rotatable bonds is 3. The van der Waals surface area contributed by atoms with Crippen LogP contribution in [-0.4, -0.2) is 19.5 Å². The summed E-state index contributed by atoms with van der Waals surface area (Å²) in [6.45, 7) is 0.731. The lowest BCUT2D eigenvalue weighted by Crippen LogP contribution is -2.03. The van der Waals surface area contributed by atoms with Crippen LogP contribution in [0.4, 0.5) is 0 Å². The van der Waals surface area contributed by atoms with Gasteiger partial charge < -0.3 is 10.3 Å². The molecule has 0 bridgehead atoms. The summed E-state index contributed by atoms with van der Waals surface area (Å²) in [6, 6.07) is 0. The molecule has 0 spiro atoms. The van der Waals surface area contributed by atoms with E-state index in [1.54, 1.807) is 0 Å². The summed E-state index contributed by atoms with van der Waals surface area (Å²) >= 11 is 0. The van der Waals surface area contributed by atoms with Crippen LogP contribution < -0.4 is 5.73 Å². The summed E-state index contributed by atoms with van der Waals surface area (Å²) in [6.07, 6.45) is 3.11. The summed E-state index contributed by atoms with van der Waals surface area (Å²) < 4.78 is 14.4. The van der Waals surface area contributed by atoms with Crippen LogP contribution in [0.5, 0.6) is 0 Å². The molecule has 0 aromatic rings. The highest BCUT2D eigenvalue weighted by atomic mass is 31.1. The topological polar surface area (TPSA) is 52.3 Å². The fraction of sp³-hybridized carbons (Fsp3) is 0.667. The molecule has 0 radical (unpaired) electrons. The van der Waals surface area contributed by atoms with Crippen molar-refractivity contribution in [3.05, 3.63) is 0 Å². The van der Waals surface area contributed by atoms with E-state index in [0.717, 1.165) is 0 Å². The minimum atomic E-state index is -1.69. The van der Waals surface area contributed by atoms with E-state index in [1.165, 1.54) is 0 Å². The van der Waals surface area contributed by atoms with Crippen LogP contribution >= 0.6 is 7.65 Å². The molecule has 0 rings (SSSR count). The first-order chi connectivity index (χ1) is 3.27. The van der Waals surface area contributed by atoms with Crippen molar-refractivity contribution in [1.82, 2.24) is 0 Å². The van der Waals surface area contributed by atoms with Crippen molar-refractivity contribution >= 4 is 14.0 Å². The van der Waals surface area contributed by atoms with Crippen molar-refractivity contribution in [3.8, 4) is 0 Å². The lowest BCUT2D eigenvalue weighted by Gasteiger charge is -1.86. The Morgan fingerprint density at radius 2 is 2.43 bits per heavy atom. The van der Waals surface area contributed by atoms with Crippen LogP contribution in [-0.2, 0) is 9.09 Å².